The van der Waals surface area contributed by atoms with Gasteiger partial charge in [0.1, 0.15) is 0 Å². The second kappa shape index (κ2) is 7.23. The van der Waals surface area contributed by atoms with Crippen LogP contribution in [0, 0.1) is 6.92 Å². The van der Waals surface area contributed by atoms with E-state index in [9.17, 15) is 14.4 Å². The van der Waals surface area contributed by atoms with Crippen molar-refractivity contribution in [1.29, 1.82) is 0 Å². The van der Waals surface area contributed by atoms with Crippen LogP contribution in [-0.4, -0.2) is 61.6 Å². The Hall–Kier alpha value is -2.41. The van der Waals surface area contributed by atoms with Gasteiger partial charge in [0, 0.05) is 0 Å². The van der Waals surface area contributed by atoms with Crippen molar-refractivity contribution in [1.82, 2.24) is 4.90 Å². The molecule has 2 heterocycles. The van der Waals surface area contributed by atoms with Crippen LogP contribution >= 0.6 is 0 Å². The number of carbonyl (C=O) groups is 3. The smallest absolute Gasteiger partial charge is 0.410 e. The number of anilines is 1. The lowest BCUT2D eigenvalue weighted by Crippen LogP contribution is -3.19. The third-order valence-corrected chi connectivity index (χ3v) is 4.93. The standard InChI is InChI=1S/C18H23N3O4/c1-3-25-18(24)20-10-8-19(9-11-20)15-12-16(22)21(17(15)23)14-7-5-4-6-13(14)2/h4-7,15H,3,8-12H2,1-2H3/p+1/t15-/m0/s1. The minimum absolute atomic E-state index is 0.140. The number of rotatable bonds is 3. The molecule has 1 atom stereocenters. The number of amides is 3. The summed E-state index contributed by atoms with van der Waals surface area (Å²) < 4.78 is 5.02. The van der Waals surface area contributed by atoms with E-state index in [0.29, 0.717) is 38.5 Å². The SMILES string of the molecule is CCOC(=O)N1CC[NH+]([C@H]2CC(=O)N(c3ccccc3C)C2=O)CC1. The molecule has 7 nitrogen and oxygen atoms in total. The van der Waals surface area contributed by atoms with Crippen LogP contribution in [0.2, 0.25) is 0 Å². The molecule has 0 unspecified atom stereocenters. The molecule has 1 aromatic carbocycles. The maximum atomic E-state index is 12.9. The fourth-order valence-corrected chi connectivity index (χ4v) is 3.56. The van der Waals surface area contributed by atoms with Gasteiger partial charge in [-0.25, -0.2) is 9.69 Å². The minimum Gasteiger partial charge on any atom is -0.450 e. The average molecular weight is 346 g/mol. The summed E-state index contributed by atoms with van der Waals surface area (Å²) in [5.74, 6) is -0.288. The summed E-state index contributed by atoms with van der Waals surface area (Å²) in [5.41, 5.74) is 1.58. The van der Waals surface area contributed by atoms with E-state index in [1.54, 1.807) is 11.8 Å². The van der Waals surface area contributed by atoms with E-state index in [4.69, 9.17) is 4.74 Å². The number of hydrogen-bond donors (Lipinski definition) is 1. The molecule has 3 rings (SSSR count). The maximum Gasteiger partial charge on any atom is 0.410 e. The molecule has 1 N–H and O–H groups in total. The van der Waals surface area contributed by atoms with Gasteiger partial charge in [-0.05, 0) is 25.5 Å². The van der Waals surface area contributed by atoms with Crippen LogP contribution < -0.4 is 9.80 Å². The molecule has 0 aliphatic carbocycles. The first-order chi connectivity index (χ1) is 12.0. The van der Waals surface area contributed by atoms with Gasteiger partial charge in [0.15, 0.2) is 6.04 Å². The zero-order chi connectivity index (χ0) is 18.0. The summed E-state index contributed by atoms with van der Waals surface area (Å²) >= 11 is 0. The van der Waals surface area contributed by atoms with E-state index in [-0.39, 0.29) is 30.4 Å². The Morgan fingerprint density at radius 2 is 1.92 bits per heavy atom. The number of hydrogen-bond acceptors (Lipinski definition) is 4. The van der Waals surface area contributed by atoms with Crippen LogP contribution in [0.15, 0.2) is 24.3 Å². The third kappa shape index (κ3) is 3.37. The van der Waals surface area contributed by atoms with Crippen LogP contribution in [0.4, 0.5) is 10.5 Å². The number of nitrogens with zero attached hydrogens (tertiary/aromatic N) is 2. The number of aryl methyl sites for hydroxylation is 1. The molecule has 2 saturated heterocycles. The molecular weight excluding hydrogens is 322 g/mol. The van der Waals surface area contributed by atoms with Crippen molar-refractivity contribution in [3.8, 4) is 0 Å². The maximum absolute atomic E-state index is 12.9. The Labute approximate surface area is 147 Å². The lowest BCUT2D eigenvalue weighted by Gasteiger charge is -2.33. The predicted molar refractivity (Wildman–Crippen MR) is 91.4 cm³/mol. The largest absolute Gasteiger partial charge is 0.450 e. The quantitative estimate of drug-likeness (QED) is 0.781. The highest BCUT2D eigenvalue weighted by Crippen LogP contribution is 2.25. The zero-order valence-electron chi connectivity index (χ0n) is 14.7. The van der Waals surface area contributed by atoms with Crippen molar-refractivity contribution in [3.05, 3.63) is 29.8 Å². The first kappa shape index (κ1) is 17.4. The Bertz CT molecular complexity index is 683. The number of ether oxygens (including phenoxy) is 1. The first-order valence-electron chi connectivity index (χ1n) is 8.71. The summed E-state index contributed by atoms with van der Waals surface area (Å²) in [7, 11) is 0. The Morgan fingerprint density at radius 1 is 1.24 bits per heavy atom. The van der Waals surface area contributed by atoms with Gasteiger partial charge in [-0.3, -0.25) is 14.5 Å². The van der Waals surface area contributed by atoms with Crippen LogP contribution in [-0.2, 0) is 14.3 Å². The van der Waals surface area contributed by atoms with Gasteiger partial charge in [0.2, 0.25) is 5.91 Å². The van der Waals surface area contributed by atoms with Crippen LogP contribution in [0.3, 0.4) is 0 Å². The molecule has 2 aliphatic rings. The second-order valence-corrected chi connectivity index (χ2v) is 6.45. The number of benzene rings is 1. The molecule has 7 heteroatoms. The lowest BCUT2D eigenvalue weighted by atomic mass is 10.1. The molecule has 2 fully saturated rings. The van der Waals surface area contributed by atoms with Crippen molar-refractivity contribution in [3.63, 3.8) is 0 Å². The highest BCUT2D eigenvalue weighted by molar-refractivity contribution is 6.22. The van der Waals surface area contributed by atoms with Gasteiger partial charge in [-0.1, -0.05) is 18.2 Å². The Balaban J connectivity index is 1.67. The normalized spacial score (nSPS) is 21.8. The number of imide groups is 1. The topological polar surface area (TPSA) is 71.4 Å². The molecule has 1 aromatic rings. The molecule has 0 aromatic heterocycles. The summed E-state index contributed by atoms with van der Waals surface area (Å²) in [4.78, 5) is 41.2. The Kier molecular flexibility index (Phi) is 5.03. The van der Waals surface area contributed by atoms with Crippen LogP contribution in [0.1, 0.15) is 18.9 Å². The highest BCUT2D eigenvalue weighted by Gasteiger charge is 2.47. The molecule has 0 radical (unpaired) electrons. The summed E-state index contributed by atoms with van der Waals surface area (Å²) in [6, 6.07) is 7.06. The molecule has 2 aliphatic heterocycles. The number of nitrogens with one attached hydrogen (secondary N) is 1. The van der Waals surface area contributed by atoms with Gasteiger partial charge in [-0.15, -0.1) is 0 Å². The van der Waals surface area contributed by atoms with Crippen LogP contribution in [0.25, 0.3) is 0 Å². The molecule has 25 heavy (non-hydrogen) atoms. The number of piperazine rings is 1. The van der Waals surface area contributed by atoms with Crippen LogP contribution in [0.5, 0.6) is 0 Å². The summed E-state index contributed by atoms with van der Waals surface area (Å²) in [6.45, 7) is 6.39. The third-order valence-electron chi connectivity index (χ3n) is 4.93. The van der Waals surface area contributed by atoms with Gasteiger partial charge < -0.3 is 9.64 Å². The van der Waals surface area contributed by atoms with E-state index < -0.39 is 0 Å². The molecule has 0 saturated carbocycles. The monoisotopic (exact) mass is 346 g/mol. The van der Waals surface area contributed by atoms with Crippen molar-refractivity contribution in [2.75, 3.05) is 37.7 Å². The molecule has 3 amide bonds. The van der Waals surface area contributed by atoms with E-state index in [2.05, 4.69) is 0 Å². The van der Waals surface area contributed by atoms with Gasteiger partial charge in [0.25, 0.3) is 5.91 Å². The lowest BCUT2D eigenvalue weighted by molar-refractivity contribution is -0.918. The number of quaternary nitrogens is 1. The highest BCUT2D eigenvalue weighted by atomic mass is 16.6. The number of carbonyl (C=O) groups excluding carboxylic acids is 3. The van der Waals surface area contributed by atoms with Gasteiger partial charge in [0.05, 0.1) is 44.9 Å². The summed E-state index contributed by atoms with van der Waals surface area (Å²) in [5, 5.41) is 0. The molecular formula is C18H24N3O4+. The fraction of sp³-hybridized carbons (Fsp3) is 0.500. The van der Waals surface area contributed by atoms with Gasteiger partial charge in [-0.2, -0.15) is 0 Å². The van der Waals surface area contributed by atoms with Crippen molar-refractivity contribution < 1.29 is 24.0 Å². The minimum atomic E-state index is -0.364. The second-order valence-electron chi connectivity index (χ2n) is 6.45. The average Bonchev–Trinajstić information content (AvgIpc) is 2.90. The van der Waals surface area contributed by atoms with Crippen molar-refractivity contribution >= 4 is 23.6 Å². The Morgan fingerprint density at radius 3 is 2.56 bits per heavy atom. The van der Waals surface area contributed by atoms with E-state index >= 15 is 0 Å². The van der Waals surface area contributed by atoms with E-state index in [0.717, 1.165) is 10.5 Å². The van der Waals surface area contributed by atoms with Crippen molar-refractivity contribution in [2.45, 2.75) is 26.3 Å². The van der Waals surface area contributed by atoms with E-state index in [1.807, 2.05) is 31.2 Å². The zero-order valence-corrected chi connectivity index (χ0v) is 14.7. The van der Waals surface area contributed by atoms with Gasteiger partial charge >= 0.3 is 6.09 Å². The summed E-state index contributed by atoms with van der Waals surface area (Å²) in [6.07, 6.45) is -0.0843. The molecule has 0 bridgehead atoms. The molecule has 134 valence electrons. The first-order valence-corrected chi connectivity index (χ1v) is 8.71. The molecule has 0 spiro atoms. The van der Waals surface area contributed by atoms with E-state index in [1.165, 1.54) is 4.90 Å². The predicted octanol–water partition coefficient (Wildman–Crippen LogP) is -0.0161. The van der Waals surface area contributed by atoms with Crippen molar-refractivity contribution in [2.24, 2.45) is 0 Å². The number of para-hydroxylation sites is 1. The fourth-order valence-electron chi connectivity index (χ4n) is 3.56.